The normalized spacial score (nSPS) is 10.7. The highest BCUT2D eigenvalue weighted by molar-refractivity contribution is 7.99. The van der Waals surface area contributed by atoms with Crippen molar-refractivity contribution in [1.82, 2.24) is 15.2 Å². The zero-order valence-electron chi connectivity index (χ0n) is 12.8. The number of methoxy groups -OCH3 is 1. The lowest BCUT2D eigenvalue weighted by atomic mass is 10.0. The van der Waals surface area contributed by atoms with Crippen LogP contribution in [0.4, 0.5) is 0 Å². The first-order valence-electron chi connectivity index (χ1n) is 7.36. The number of rotatable bonds is 6. The molecule has 0 spiro atoms. The molecule has 0 aliphatic carbocycles. The van der Waals surface area contributed by atoms with E-state index in [1.54, 1.807) is 18.9 Å². The Morgan fingerprint density at radius 1 is 0.826 bits per heavy atom. The third kappa shape index (κ3) is 3.94. The summed E-state index contributed by atoms with van der Waals surface area (Å²) in [5, 5.41) is 9.36. The largest absolute Gasteiger partial charge is 0.384 e. The van der Waals surface area contributed by atoms with Crippen molar-refractivity contribution in [2.45, 2.75) is 5.16 Å². The lowest BCUT2D eigenvalue weighted by Gasteiger charge is -2.09. The molecule has 1 heterocycles. The van der Waals surface area contributed by atoms with E-state index < -0.39 is 0 Å². The summed E-state index contributed by atoms with van der Waals surface area (Å²) in [6.07, 6.45) is 0. The minimum Gasteiger partial charge on any atom is -0.384 e. The smallest absolute Gasteiger partial charge is 0.209 e. The molecule has 0 N–H and O–H groups in total. The quantitative estimate of drug-likeness (QED) is 0.508. The van der Waals surface area contributed by atoms with E-state index in [1.807, 2.05) is 60.7 Å². The maximum Gasteiger partial charge on any atom is 0.209 e. The van der Waals surface area contributed by atoms with Gasteiger partial charge in [-0.15, -0.1) is 10.2 Å². The first-order valence-corrected chi connectivity index (χ1v) is 8.34. The van der Waals surface area contributed by atoms with E-state index in [-0.39, 0.29) is 0 Å². The number of nitrogens with zero attached hydrogens (tertiary/aromatic N) is 3. The second-order valence-corrected chi connectivity index (χ2v) is 5.93. The van der Waals surface area contributed by atoms with E-state index in [2.05, 4.69) is 10.2 Å². The van der Waals surface area contributed by atoms with Gasteiger partial charge in [0.1, 0.15) is 11.4 Å². The molecule has 0 saturated carbocycles. The van der Waals surface area contributed by atoms with Crippen molar-refractivity contribution in [3.63, 3.8) is 0 Å². The molecule has 0 fully saturated rings. The van der Waals surface area contributed by atoms with Crippen LogP contribution in [0.3, 0.4) is 0 Å². The molecule has 3 aromatic rings. The number of thioether (sulfide) groups is 1. The summed E-state index contributed by atoms with van der Waals surface area (Å²) in [4.78, 5) is 4.72. The van der Waals surface area contributed by atoms with Gasteiger partial charge in [-0.1, -0.05) is 72.4 Å². The lowest BCUT2D eigenvalue weighted by Crippen LogP contribution is -2.00. The van der Waals surface area contributed by atoms with E-state index >= 15 is 0 Å². The molecular weight excluding hydrogens is 306 g/mol. The van der Waals surface area contributed by atoms with E-state index in [0.29, 0.717) is 11.8 Å². The summed E-state index contributed by atoms with van der Waals surface area (Å²) >= 11 is 1.55. The Hall–Kier alpha value is -2.24. The van der Waals surface area contributed by atoms with Crippen LogP contribution in [-0.2, 0) is 4.74 Å². The maximum absolute atomic E-state index is 5.07. The van der Waals surface area contributed by atoms with Crippen LogP contribution in [0.2, 0.25) is 0 Å². The predicted octanol–water partition coefficient (Wildman–Crippen LogP) is 3.94. The summed E-state index contributed by atoms with van der Waals surface area (Å²) in [5.41, 5.74) is 3.70. The molecule has 0 saturated heterocycles. The lowest BCUT2D eigenvalue weighted by molar-refractivity contribution is 0.218. The summed E-state index contributed by atoms with van der Waals surface area (Å²) in [5.74, 6) is 0.803. The predicted molar refractivity (Wildman–Crippen MR) is 93.3 cm³/mol. The summed E-state index contributed by atoms with van der Waals surface area (Å²) in [6.45, 7) is 0.662. The van der Waals surface area contributed by atoms with Gasteiger partial charge >= 0.3 is 0 Å². The van der Waals surface area contributed by atoms with Crippen LogP contribution < -0.4 is 0 Å². The monoisotopic (exact) mass is 323 g/mol. The van der Waals surface area contributed by atoms with Crippen LogP contribution >= 0.6 is 11.8 Å². The fourth-order valence-corrected chi connectivity index (χ4v) is 2.86. The van der Waals surface area contributed by atoms with Gasteiger partial charge in [-0.2, -0.15) is 0 Å². The Morgan fingerprint density at radius 3 is 2.04 bits per heavy atom. The molecule has 0 unspecified atom stereocenters. The molecule has 0 aliphatic rings. The van der Waals surface area contributed by atoms with E-state index in [9.17, 15) is 0 Å². The Bertz CT molecular complexity index is 751. The minimum atomic E-state index is 0.662. The van der Waals surface area contributed by atoms with Gasteiger partial charge in [0.2, 0.25) is 5.16 Å². The molecule has 23 heavy (non-hydrogen) atoms. The Morgan fingerprint density at radius 2 is 1.43 bits per heavy atom. The highest BCUT2D eigenvalue weighted by Crippen LogP contribution is 2.29. The SMILES string of the molecule is COCCSc1nnc(-c2ccccc2)c(-c2ccccc2)n1. The van der Waals surface area contributed by atoms with Crippen LogP contribution in [-0.4, -0.2) is 34.7 Å². The number of hydrogen-bond acceptors (Lipinski definition) is 5. The first kappa shape index (κ1) is 15.6. The summed E-state index contributed by atoms with van der Waals surface area (Å²) in [6, 6.07) is 20.1. The molecule has 0 atom stereocenters. The van der Waals surface area contributed by atoms with Gasteiger partial charge in [0.25, 0.3) is 0 Å². The van der Waals surface area contributed by atoms with Gasteiger partial charge in [0.15, 0.2) is 0 Å². The third-order valence-electron chi connectivity index (χ3n) is 3.28. The molecule has 0 amide bonds. The molecule has 4 nitrogen and oxygen atoms in total. The highest BCUT2D eigenvalue weighted by Gasteiger charge is 2.13. The van der Waals surface area contributed by atoms with Crippen LogP contribution in [0.1, 0.15) is 0 Å². The number of ether oxygens (including phenoxy) is 1. The van der Waals surface area contributed by atoms with Gasteiger partial charge in [0.05, 0.1) is 6.61 Å². The zero-order chi connectivity index (χ0) is 15.9. The van der Waals surface area contributed by atoms with Crippen molar-refractivity contribution in [1.29, 1.82) is 0 Å². The highest BCUT2D eigenvalue weighted by atomic mass is 32.2. The van der Waals surface area contributed by atoms with Crippen LogP contribution in [0.5, 0.6) is 0 Å². The average Bonchev–Trinajstić information content (AvgIpc) is 2.63. The average molecular weight is 323 g/mol. The minimum absolute atomic E-state index is 0.662. The molecule has 0 radical (unpaired) electrons. The van der Waals surface area contributed by atoms with Gasteiger partial charge in [-0.3, -0.25) is 0 Å². The zero-order valence-corrected chi connectivity index (χ0v) is 13.7. The molecule has 5 heteroatoms. The van der Waals surface area contributed by atoms with Crippen molar-refractivity contribution in [3.8, 4) is 22.5 Å². The second kappa shape index (κ2) is 7.85. The second-order valence-electron chi connectivity index (χ2n) is 4.86. The fraction of sp³-hybridized carbons (Fsp3) is 0.167. The molecule has 1 aromatic heterocycles. The number of benzene rings is 2. The van der Waals surface area contributed by atoms with Crippen LogP contribution in [0, 0.1) is 0 Å². The van der Waals surface area contributed by atoms with Gasteiger partial charge < -0.3 is 4.74 Å². The van der Waals surface area contributed by atoms with Crippen molar-refractivity contribution >= 4 is 11.8 Å². The molecule has 3 rings (SSSR count). The van der Waals surface area contributed by atoms with E-state index in [1.165, 1.54) is 0 Å². The number of aromatic nitrogens is 3. The maximum atomic E-state index is 5.07. The van der Waals surface area contributed by atoms with Gasteiger partial charge in [0, 0.05) is 24.0 Å². The molecule has 116 valence electrons. The van der Waals surface area contributed by atoms with Gasteiger partial charge in [-0.05, 0) is 0 Å². The van der Waals surface area contributed by atoms with E-state index in [0.717, 1.165) is 28.3 Å². The summed E-state index contributed by atoms with van der Waals surface area (Å²) < 4.78 is 5.07. The number of hydrogen-bond donors (Lipinski definition) is 0. The van der Waals surface area contributed by atoms with Crippen molar-refractivity contribution in [3.05, 3.63) is 60.7 Å². The van der Waals surface area contributed by atoms with Crippen LogP contribution in [0.25, 0.3) is 22.5 Å². The van der Waals surface area contributed by atoms with E-state index in [4.69, 9.17) is 9.72 Å². The van der Waals surface area contributed by atoms with Gasteiger partial charge in [-0.25, -0.2) is 4.98 Å². The first-order chi connectivity index (χ1) is 11.4. The molecule has 0 bridgehead atoms. The molecule has 0 aliphatic heterocycles. The van der Waals surface area contributed by atoms with Crippen molar-refractivity contribution in [2.24, 2.45) is 0 Å². The Balaban J connectivity index is 2.02. The molecular formula is C18H17N3OS. The Kier molecular flexibility index (Phi) is 5.34. The molecule has 2 aromatic carbocycles. The fourth-order valence-electron chi connectivity index (χ4n) is 2.18. The third-order valence-corrected chi connectivity index (χ3v) is 4.08. The van der Waals surface area contributed by atoms with Crippen molar-refractivity contribution in [2.75, 3.05) is 19.5 Å². The Labute approximate surface area is 140 Å². The van der Waals surface area contributed by atoms with Crippen molar-refractivity contribution < 1.29 is 4.74 Å². The standard InChI is InChI=1S/C18H17N3OS/c1-22-12-13-23-18-19-16(14-8-4-2-5-9-14)17(20-21-18)15-10-6-3-7-11-15/h2-11H,12-13H2,1H3. The van der Waals surface area contributed by atoms with Crippen LogP contribution in [0.15, 0.2) is 65.8 Å². The summed E-state index contributed by atoms with van der Waals surface area (Å²) in [7, 11) is 1.69. The topological polar surface area (TPSA) is 47.9 Å².